The molecule has 0 spiro atoms. The van der Waals surface area contributed by atoms with Gasteiger partial charge in [-0.05, 0) is 24.3 Å². The van der Waals surface area contributed by atoms with Crippen LogP contribution >= 0.6 is 0 Å². The lowest BCUT2D eigenvalue weighted by Gasteiger charge is -2.15. The van der Waals surface area contributed by atoms with E-state index in [-0.39, 0.29) is 6.61 Å². The fraction of sp³-hybridized carbons (Fsp3) is 0.263. The van der Waals surface area contributed by atoms with Crippen molar-refractivity contribution in [1.29, 1.82) is 0 Å². The molecule has 26 heavy (non-hydrogen) atoms. The molecule has 1 unspecified atom stereocenters. The van der Waals surface area contributed by atoms with Gasteiger partial charge in [0.15, 0.2) is 11.5 Å². The number of ether oxygens (including phenoxy) is 4. The molecule has 1 atom stereocenters. The van der Waals surface area contributed by atoms with E-state index in [1.807, 2.05) is 30.3 Å². The van der Waals surface area contributed by atoms with Crippen molar-refractivity contribution < 1.29 is 24.2 Å². The normalized spacial score (nSPS) is 16.7. The summed E-state index contributed by atoms with van der Waals surface area (Å²) in [6, 6.07) is 12.6. The van der Waals surface area contributed by atoms with E-state index >= 15 is 0 Å². The van der Waals surface area contributed by atoms with Gasteiger partial charge in [-0.1, -0.05) is 23.4 Å². The van der Waals surface area contributed by atoms with E-state index in [4.69, 9.17) is 18.9 Å². The molecule has 0 aliphatic carbocycles. The Morgan fingerprint density at radius 1 is 1.08 bits per heavy atom. The van der Waals surface area contributed by atoms with Gasteiger partial charge in [0.2, 0.25) is 11.6 Å². The molecule has 3 rings (SSSR count). The highest BCUT2D eigenvalue weighted by Gasteiger charge is 2.28. The average Bonchev–Trinajstić information content (AvgIpc) is 3.18. The summed E-state index contributed by atoms with van der Waals surface area (Å²) in [5.41, 5.74) is 1.83. The Balaban J connectivity index is 1.96. The molecular formula is C19H20N2O5. The van der Waals surface area contributed by atoms with Crippen LogP contribution in [0.2, 0.25) is 0 Å². The van der Waals surface area contributed by atoms with Crippen LogP contribution < -0.4 is 14.2 Å². The van der Waals surface area contributed by atoms with Crippen LogP contribution in [-0.2, 0) is 4.74 Å². The van der Waals surface area contributed by atoms with E-state index < -0.39 is 6.04 Å². The molecule has 136 valence electrons. The van der Waals surface area contributed by atoms with Crippen LogP contribution in [0.4, 0.5) is 0 Å². The molecule has 0 amide bonds. The van der Waals surface area contributed by atoms with Gasteiger partial charge in [0.25, 0.3) is 0 Å². The van der Waals surface area contributed by atoms with Crippen LogP contribution in [0.15, 0.2) is 52.6 Å². The number of hydrogen-bond acceptors (Lipinski definition) is 7. The Morgan fingerprint density at radius 3 is 2.27 bits per heavy atom. The van der Waals surface area contributed by atoms with Gasteiger partial charge in [0, 0.05) is 11.1 Å². The highest BCUT2D eigenvalue weighted by Crippen LogP contribution is 2.38. The summed E-state index contributed by atoms with van der Waals surface area (Å²) in [5.74, 6) is 1.92. The maximum Gasteiger partial charge on any atom is 0.216 e. The van der Waals surface area contributed by atoms with Crippen molar-refractivity contribution in [3.8, 4) is 17.2 Å². The maximum absolute atomic E-state index is 9.60. The summed E-state index contributed by atoms with van der Waals surface area (Å²) in [4.78, 5) is 4.55. The minimum Gasteiger partial charge on any atom is -0.493 e. The van der Waals surface area contributed by atoms with Crippen molar-refractivity contribution >= 4 is 11.6 Å². The smallest absolute Gasteiger partial charge is 0.216 e. The predicted octanol–water partition coefficient (Wildman–Crippen LogP) is 2.74. The molecule has 1 aliphatic rings. The number of rotatable bonds is 6. The van der Waals surface area contributed by atoms with Gasteiger partial charge >= 0.3 is 0 Å². The zero-order valence-electron chi connectivity index (χ0n) is 14.8. The molecule has 0 saturated carbocycles. The van der Waals surface area contributed by atoms with Gasteiger partial charge in [0.1, 0.15) is 18.4 Å². The molecule has 1 N–H and O–H groups in total. The van der Waals surface area contributed by atoms with E-state index in [0.717, 1.165) is 5.56 Å². The number of oxime groups is 1. The first kappa shape index (κ1) is 17.6. The summed E-state index contributed by atoms with van der Waals surface area (Å²) in [5, 5.41) is 13.1. The Bertz CT molecular complexity index is 808. The van der Waals surface area contributed by atoms with Crippen molar-refractivity contribution in [2.75, 3.05) is 27.9 Å². The van der Waals surface area contributed by atoms with E-state index in [9.17, 15) is 5.21 Å². The van der Waals surface area contributed by atoms with E-state index in [1.165, 1.54) is 21.3 Å². The van der Waals surface area contributed by atoms with Crippen molar-refractivity contribution in [1.82, 2.24) is 0 Å². The molecule has 0 radical (unpaired) electrons. The minimum atomic E-state index is -0.446. The molecule has 2 aromatic rings. The second-order valence-electron chi connectivity index (χ2n) is 5.53. The zero-order valence-corrected chi connectivity index (χ0v) is 14.8. The number of hydrogen-bond donors (Lipinski definition) is 1. The molecule has 0 saturated heterocycles. The lowest BCUT2D eigenvalue weighted by atomic mass is 10.0. The van der Waals surface area contributed by atoms with Crippen molar-refractivity contribution in [2.45, 2.75) is 6.04 Å². The van der Waals surface area contributed by atoms with Gasteiger partial charge in [-0.2, -0.15) is 0 Å². The molecule has 2 aromatic carbocycles. The Labute approximate surface area is 151 Å². The first-order valence-electron chi connectivity index (χ1n) is 8.00. The Hall–Kier alpha value is -3.22. The summed E-state index contributed by atoms with van der Waals surface area (Å²) in [6.45, 7) is 0.278. The van der Waals surface area contributed by atoms with Crippen LogP contribution in [0.3, 0.4) is 0 Å². The van der Waals surface area contributed by atoms with E-state index in [2.05, 4.69) is 10.1 Å². The second-order valence-corrected chi connectivity index (χ2v) is 5.53. The second kappa shape index (κ2) is 7.77. The lowest BCUT2D eigenvalue weighted by molar-refractivity contribution is 0.308. The Kier molecular flexibility index (Phi) is 5.26. The molecular weight excluding hydrogens is 336 g/mol. The van der Waals surface area contributed by atoms with Crippen molar-refractivity contribution in [2.24, 2.45) is 10.1 Å². The third-order valence-corrected chi connectivity index (χ3v) is 4.06. The quantitative estimate of drug-likeness (QED) is 0.489. The largest absolute Gasteiger partial charge is 0.493 e. The van der Waals surface area contributed by atoms with Gasteiger partial charge in [-0.25, -0.2) is 4.99 Å². The molecule has 1 heterocycles. The SMILES string of the molecule is COc1cc(/C(=N/O)C2COC(c3ccccc3)=N2)cc(OC)c1OC. The first-order chi connectivity index (χ1) is 12.7. The average molecular weight is 356 g/mol. The number of methoxy groups -OCH3 is 3. The van der Waals surface area contributed by atoms with Crippen molar-refractivity contribution in [3.63, 3.8) is 0 Å². The minimum absolute atomic E-state index is 0.278. The monoisotopic (exact) mass is 356 g/mol. The topological polar surface area (TPSA) is 81.9 Å². The summed E-state index contributed by atoms with van der Waals surface area (Å²) < 4.78 is 21.7. The highest BCUT2D eigenvalue weighted by atomic mass is 16.5. The van der Waals surface area contributed by atoms with Crippen LogP contribution in [0.25, 0.3) is 0 Å². The molecule has 0 fully saturated rings. The predicted molar refractivity (Wildman–Crippen MR) is 97.1 cm³/mol. The summed E-state index contributed by atoms with van der Waals surface area (Å²) >= 11 is 0. The Morgan fingerprint density at radius 2 is 1.73 bits per heavy atom. The summed E-state index contributed by atoms with van der Waals surface area (Å²) in [6.07, 6.45) is 0. The maximum atomic E-state index is 9.60. The third kappa shape index (κ3) is 3.28. The number of nitrogens with zero attached hydrogens (tertiary/aromatic N) is 2. The van der Waals surface area contributed by atoms with Gasteiger partial charge in [-0.15, -0.1) is 0 Å². The number of benzene rings is 2. The molecule has 0 aromatic heterocycles. The number of aliphatic imine (C=N–C) groups is 1. The molecule has 7 heteroatoms. The zero-order chi connectivity index (χ0) is 18.5. The van der Waals surface area contributed by atoms with E-state index in [1.54, 1.807) is 12.1 Å². The fourth-order valence-corrected chi connectivity index (χ4v) is 2.80. The van der Waals surface area contributed by atoms with Crippen LogP contribution in [0.1, 0.15) is 11.1 Å². The van der Waals surface area contributed by atoms with Crippen molar-refractivity contribution in [3.05, 3.63) is 53.6 Å². The highest BCUT2D eigenvalue weighted by molar-refractivity contribution is 6.08. The summed E-state index contributed by atoms with van der Waals surface area (Å²) in [7, 11) is 4.59. The van der Waals surface area contributed by atoms with Gasteiger partial charge in [-0.3, -0.25) is 0 Å². The molecule has 0 bridgehead atoms. The molecule has 7 nitrogen and oxygen atoms in total. The third-order valence-electron chi connectivity index (χ3n) is 4.06. The van der Waals surface area contributed by atoms with Crippen LogP contribution in [0, 0.1) is 0 Å². The van der Waals surface area contributed by atoms with Crippen LogP contribution in [0.5, 0.6) is 17.2 Å². The lowest BCUT2D eigenvalue weighted by Crippen LogP contribution is -2.21. The van der Waals surface area contributed by atoms with E-state index in [0.29, 0.717) is 34.4 Å². The molecule has 1 aliphatic heterocycles. The van der Waals surface area contributed by atoms with Gasteiger partial charge in [0.05, 0.1) is 21.3 Å². The first-order valence-corrected chi connectivity index (χ1v) is 8.00. The fourth-order valence-electron chi connectivity index (χ4n) is 2.80. The standard InChI is InChI=1S/C19H20N2O5/c1-23-15-9-13(10-16(24-2)18(15)25-3)17(21-22)14-11-26-19(20-14)12-7-5-4-6-8-12/h4-10,14,22H,11H2,1-3H3/b21-17-. The van der Waals surface area contributed by atoms with Gasteiger partial charge < -0.3 is 24.2 Å². The van der Waals surface area contributed by atoms with Crippen LogP contribution in [-0.4, -0.2) is 50.8 Å².